The van der Waals surface area contributed by atoms with Gasteiger partial charge in [0.05, 0.1) is 16.7 Å². The van der Waals surface area contributed by atoms with Crippen molar-refractivity contribution in [1.29, 1.82) is 0 Å². The Morgan fingerprint density at radius 3 is 1.98 bits per heavy atom. The monoisotopic (exact) mass is 585 g/mol. The van der Waals surface area contributed by atoms with E-state index >= 15 is 0 Å². The Labute approximate surface area is 266 Å². The lowest BCUT2D eigenvalue weighted by Gasteiger charge is -2.22. The van der Waals surface area contributed by atoms with Gasteiger partial charge >= 0.3 is 0 Å². The minimum Gasteiger partial charge on any atom is -0.456 e. The Morgan fingerprint density at radius 2 is 1.07 bits per heavy atom. The van der Waals surface area contributed by atoms with Gasteiger partial charge < -0.3 is 9.30 Å². The lowest BCUT2D eigenvalue weighted by atomic mass is 9.92. The van der Waals surface area contributed by atoms with E-state index < -0.39 is 0 Å². The van der Waals surface area contributed by atoms with Crippen LogP contribution in [0.1, 0.15) is 0 Å². The van der Waals surface area contributed by atoms with E-state index in [1.54, 1.807) is 0 Å². The second kappa shape index (κ2) is 9.69. The third kappa shape index (κ3) is 3.65. The molecule has 0 saturated carbocycles. The first kappa shape index (κ1) is 25.2. The number of ether oxygens (including phenoxy) is 1. The van der Waals surface area contributed by atoms with Crippen molar-refractivity contribution in [3.63, 3.8) is 0 Å². The van der Waals surface area contributed by atoms with Gasteiger partial charge in [0.25, 0.3) is 0 Å². The molecule has 10 rings (SSSR count). The zero-order valence-corrected chi connectivity index (χ0v) is 24.9. The molecule has 0 fully saturated rings. The zero-order chi connectivity index (χ0) is 30.2. The molecule has 9 aromatic rings. The van der Waals surface area contributed by atoms with Crippen LogP contribution >= 0.6 is 0 Å². The van der Waals surface area contributed by atoms with E-state index in [1.165, 1.54) is 76.9 Å². The molecular weight excluding hydrogens is 558 g/mol. The fourth-order valence-corrected chi connectivity index (χ4v) is 7.50. The first-order valence-electron chi connectivity index (χ1n) is 15.8. The van der Waals surface area contributed by atoms with Gasteiger partial charge in [0, 0.05) is 27.3 Å². The average molecular weight is 586 g/mol. The maximum atomic E-state index is 6.35. The first-order chi connectivity index (χ1) is 22.8. The Balaban J connectivity index is 1.10. The second-order valence-electron chi connectivity index (χ2n) is 12.1. The van der Waals surface area contributed by atoms with Crippen molar-refractivity contribution in [3.05, 3.63) is 164 Å². The quantitative estimate of drug-likeness (QED) is 0.201. The normalized spacial score (nSPS) is 12.1. The Morgan fingerprint density at radius 1 is 0.370 bits per heavy atom. The van der Waals surface area contributed by atoms with Crippen LogP contribution in [0.2, 0.25) is 0 Å². The summed E-state index contributed by atoms with van der Waals surface area (Å²) in [7, 11) is 0. The van der Waals surface area contributed by atoms with E-state index in [-0.39, 0.29) is 0 Å². The maximum absolute atomic E-state index is 6.35. The molecule has 0 spiro atoms. The molecule has 0 unspecified atom stereocenters. The molecule has 2 heterocycles. The van der Waals surface area contributed by atoms with Crippen molar-refractivity contribution >= 4 is 43.4 Å². The van der Waals surface area contributed by atoms with Crippen molar-refractivity contribution in [1.82, 2.24) is 4.57 Å². The minimum atomic E-state index is 0.902. The molecule has 1 aliphatic heterocycles. The van der Waals surface area contributed by atoms with Crippen LogP contribution in [0.25, 0.3) is 82.4 Å². The summed E-state index contributed by atoms with van der Waals surface area (Å²) in [4.78, 5) is 0. The summed E-state index contributed by atoms with van der Waals surface area (Å²) < 4.78 is 8.78. The maximum Gasteiger partial charge on any atom is 0.135 e. The molecule has 2 nitrogen and oxygen atoms in total. The highest BCUT2D eigenvalue weighted by atomic mass is 16.5. The van der Waals surface area contributed by atoms with Gasteiger partial charge in [-0.2, -0.15) is 0 Å². The van der Waals surface area contributed by atoms with Gasteiger partial charge in [-0.15, -0.1) is 0 Å². The predicted molar refractivity (Wildman–Crippen MR) is 192 cm³/mol. The SMILES string of the molecule is c1ccc(-n2c3ccccc3c3c4ccccc4ccc32)c(-c2ccc(-c3ccc4c(c3)-c3cccc5cccc(c35)O4)cc2)c1. The summed E-state index contributed by atoms with van der Waals surface area (Å²) in [6.07, 6.45) is 0. The van der Waals surface area contributed by atoms with E-state index in [2.05, 4.69) is 168 Å². The number of fused-ring (bicyclic) bond motifs is 7. The van der Waals surface area contributed by atoms with Crippen LogP contribution in [0.4, 0.5) is 0 Å². The topological polar surface area (TPSA) is 14.2 Å². The first-order valence-corrected chi connectivity index (χ1v) is 15.8. The Hall–Kier alpha value is -6.12. The average Bonchev–Trinajstić information content (AvgIpc) is 3.47. The molecule has 1 aromatic heterocycles. The third-order valence-corrected chi connectivity index (χ3v) is 9.59. The fraction of sp³-hybridized carbons (Fsp3) is 0. The van der Waals surface area contributed by atoms with Crippen LogP contribution in [0.3, 0.4) is 0 Å². The zero-order valence-electron chi connectivity index (χ0n) is 24.9. The van der Waals surface area contributed by atoms with E-state index in [0.717, 1.165) is 17.1 Å². The van der Waals surface area contributed by atoms with Gasteiger partial charge in [-0.05, 0) is 74.8 Å². The number of rotatable bonds is 3. The highest BCUT2D eigenvalue weighted by Gasteiger charge is 2.21. The second-order valence-corrected chi connectivity index (χ2v) is 12.1. The molecule has 0 N–H and O–H groups in total. The smallest absolute Gasteiger partial charge is 0.135 e. The number of nitrogens with zero attached hydrogens (tertiary/aromatic N) is 1. The predicted octanol–water partition coefficient (Wildman–Crippen LogP) is 12.2. The number of hydrogen-bond acceptors (Lipinski definition) is 1. The van der Waals surface area contributed by atoms with E-state index in [0.29, 0.717) is 0 Å². The van der Waals surface area contributed by atoms with Gasteiger partial charge in [-0.1, -0.05) is 127 Å². The molecule has 0 amide bonds. The molecule has 8 aromatic carbocycles. The molecule has 0 saturated heterocycles. The summed E-state index contributed by atoms with van der Waals surface area (Å²) >= 11 is 0. The minimum absolute atomic E-state index is 0.902. The molecular formula is C44H27NO. The Kier molecular flexibility index (Phi) is 5.31. The van der Waals surface area contributed by atoms with Gasteiger partial charge in [0.1, 0.15) is 11.5 Å². The van der Waals surface area contributed by atoms with E-state index in [9.17, 15) is 0 Å². The van der Waals surface area contributed by atoms with Crippen LogP contribution in [-0.2, 0) is 0 Å². The molecule has 0 bridgehead atoms. The van der Waals surface area contributed by atoms with Crippen LogP contribution < -0.4 is 4.74 Å². The molecule has 2 heteroatoms. The highest BCUT2D eigenvalue weighted by Crippen LogP contribution is 2.47. The van der Waals surface area contributed by atoms with E-state index in [4.69, 9.17) is 4.74 Å². The molecule has 46 heavy (non-hydrogen) atoms. The van der Waals surface area contributed by atoms with Crippen molar-refractivity contribution < 1.29 is 4.74 Å². The standard InChI is InChI=1S/C44H27NO/c1-2-13-34-29(9-1)23-25-40-44(34)36-14-4-6-17-39(36)45(40)38-16-5-3-12-33(38)30-21-19-28(20-22-30)32-24-26-41-37(27-32)35-15-7-10-31-11-8-18-42(46-41)43(31)35/h1-27H. The van der Waals surface area contributed by atoms with Gasteiger partial charge in [-0.25, -0.2) is 0 Å². The van der Waals surface area contributed by atoms with Crippen molar-refractivity contribution in [2.45, 2.75) is 0 Å². The number of hydrogen-bond donors (Lipinski definition) is 0. The van der Waals surface area contributed by atoms with Crippen molar-refractivity contribution in [2.24, 2.45) is 0 Å². The van der Waals surface area contributed by atoms with Crippen LogP contribution in [0.5, 0.6) is 11.5 Å². The number of para-hydroxylation sites is 2. The summed E-state index contributed by atoms with van der Waals surface area (Å²) in [5.41, 5.74) is 10.7. The van der Waals surface area contributed by atoms with Crippen LogP contribution in [0.15, 0.2) is 164 Å². The van der Waals surface area contributed by atoms with Crippen LogP contribution in [-0.4, -0.2) is 4.57 Å². The molecule has 1 aliphatic rings. The van der Waals surface area contributed by atoms with Gasteiger partial charge in [0.15, 0.2) is 0 Å². The largest absolute Gasteiger partial charge is 0.456 e. The number of aromatic nitrogens is 1. The summed E-state index contributed by atoms with van der Waals surface area (Å²) in [6.45, 7) is 0. The highest BCUT2D eigenvalue weighted by molar-refractivity contribution is 6.21. The molecule has 214 valence electrons. The molecule has 0 aliphatic carbocycles. The molecule has 0 atom stereocenters. The number of benzene rings is 8. The van der Waals surface area contributed by atoms with Gasteiger partial charge in [0.2, 0.25) is 0 Å². The lowest BCUT2D eigenvalue weighted by molar-refractivity contribution is 0.487. The summed E-state index contributed by atoms with van der Waals surface area (Å²) in [6, 6.07) is 59.0. The summed E-state index contributed by atoms with van der Waals surface area (Å²) in [5.74, 6) is 1.83. The lowest BCUT2D eigenvalue weighted by Crippen LogP contribution is -1.97. The van der Waals surface area contributed by atoms with Crippen molar-refractivity contribution in [2.75, 3.05) is 0 Å². The van der Waals surface area contributed by atoms with E-state index in [1.807, 2.05) is 0 Å². The molecule has 0 radical (unpaired) electrons. The van der Waals surface area contributed by atoms with Gasteiger partial charge in [-0.3, -0.25) is 0 Å². The van der Waals surface area contributed by atoms with Crippen molar-refractivity contribution in [3.8, 4) is 50.6 Å². The Bertz CT molecular complexity index is 2660. The third-order valence-electron chi connectivity index (χ3n) is 9.59. The fourth-order valence-electron chi connectivity index (χ4n) is 7.50. The van der Waals surface area contributed by atoms with Crippen LogP contribution in [0, 0.1) is 0 Å². The summed E-state index contributed by atoms with van der Waals surface area (Å²) in [5, 5.41) is 7.50.